The summed E-state index contributed by atoms with van der Waals surface area (Å²) in [5.74, 6) is 1.16. The summed E-state index contributed by atoms with van der Waals surface area (Å²) in [5.41, 5.74) is 3.50. The van der Waals surface area contributed by atoms with Crippen LogP contribution in [0.3, 0.4) is 0 Å². The van der Waals surface area contributed by atoms with Crippen molar-refractivity contribution in [2.75, 3.05) is 11.9 Å². The smallest absolute Gasteiger partial charge is 0.138 e. The summed E-state index contributed by atoms with van der Waals surface area (Å²) in [5, 5.41) is 16.0. The quantitative estimate of drug-likeness (QED) is 0.548. The van der Waals surface area contributed by atoms with Crippen molar-refractivity contribution in [3.8, 4) is 16.9 Å². The molecule has 2 aromatic heterocycles. The van der Waals surface area contributed by atoms with Gasteiger partial charge in [0.05, 0.1) is 5.39 Å². The Morgan fingerprint density at radius 2 is 1.76 bits per heavy atom. The summed E-state index contributed by atoms with van der Waals surface area (Å²) < 4.78 is 0. The molecule has 0 fully saturated rings. The second-order valence-corrected chi connectivity index (χ2v) is 6.62. The van der Waals surface area contributed by atoms with Gasteiger partial charge in [-0.05, 0) is 29.7 Å². The molecule has 25 heavy (non-hydrogen) atoms. The molecule has 5 heteroatoms. The average molecular weight is 347 g/mol. The predicted molar refractivity (Wildman–Crippen MR) is 103 cm³/mol. The fraction of sp³-hybridized carbons (Fsp3) is 0.100. The molecule has 0 saturated carbocycles. The van der Waals surface area contributed by atoms with Crippen LogP contribution >= 0.6 is 11.3 Å². The average Bonchev–Trinajstić information content (AvgIpc) is 3.09. The third kappa shape index (κ3) is 3.32. The van der Waals surface area contributed by atoms with Gasteiger partial charge in [0.1, 0.15) is 22.7 Å². The fourth-order valence-corrected chi connectivity index (χ4v) is 3.74. The molecule has 0 atom stereocenters. The second kappa shape index (κ2) is 6.91. The Morgan fingerprint density at radius 3 is 2.56 bits per heavy atom. The van der Waals surface area contributed by atoms with Gasteiger partial charge in [-0.25, -0.2) is 9.97 Å². The zero-order valence-corrected chi connectivity index (χ0v) is 14.3. The van der Waals surface area contributed by atoms with Crippen LogP contribution in [0.4, 0.5) is 5.82 Å². The minimum Gasteiger partial charge on any atom is -0.508 e. The van der Waals surface area contributed by atoms with Gasteiger partial charge in [0.25, 0.3) is 0 Å². The minimum absolute atomic E-state index is 0.292. The van der Waals surface area contributed by atoms with Crippen LogP contribution in [0.5, 0.6) is 5.75 Å². The molecule has 0 aliphatic heterocycles. The maximum absolute atomic E-state index is 9.36. The second-order valence-electron chi connectivity index (χ2n) is 5.76. The lowest BCUT2D eigenvalue weighted by molar-refractivity contribution is 0.475. The van der Waals surface area contributed by atoms with Crippen molar-refractivity contribution in [2.45, 2.75) is 6.42 Å². The minimum atomic E-state index is 0.292. The number of thiophene rings is 1. The van der Waals surface area contributed by atoms with Crippen molar-refractivity contribution in [2.24, 2.45) is 0 Å². The van der Waals surface area contributed by atoms with Crippen LogP contribution in [0.1, 0.15) is 5.56 Å². The van der Waals surface area contributed by atoms with E-state index in [9.17, 15) is 5.11 Å². The number of benzene rings is 2. The highest BCUT2D eigenvalue weighted by molar-refractivity contribution is 7.17. The third-order valence-electron chi connectivity index (χ3n) is 4.10. The standard InChI is InChI=1S/C20H17N3OS/c24-16-8-6-14(7-9-16)10-11-21-19-18-17(15-4-2-1-3-5-15)12-25-20(18)23-13-22-19/h1-9,12-13,24H,10-11H2,(H,21,22,23). The molecule has 0 spiro atoms. The Morgan fingerprint density at radius 1 is 0.960 bits per heavy atom. The molecule has 0 unspecified atom stereocenters. The molecule has 0 aliphatic carbocycles. The number of aromatic nitrogens is 2. The van der Waals surface area contributed by atoms with E-state index >= 15 is 0 Å². The van der Waals surface area contributed by atoms with Crippen molar-refractivity contribution in [3.05, 3.63) is 71.9 Å². The van der Waals surface area contributed by atoms with Crippen LogP contribution in [-0.4, -0.2) is 21.6 Å². The highest BCUT2D eigenvalue weighted by Gasteiger charge is 2.12. The van der Waals surface area contributed by atoms with E-state index in [4.69, 9.17) is 0 Å². The molecule has 0 bridgehead atoms. The van der Waals surface area contributed by atoms with Gasteiger partial charge in [0.15, 0.2) is 0 Å². The molecule has 4 rings (SSSR count). The van der Waals surface area contributed by atoms with E-state index in [1.54, 1.807) is 29.8 Å². The molecule has 2 heterocycles. The molecule has 2 N–H and O–H groups in total. The summed E-state index contributed by atoms with van der Waals surface area (Å²) in [6.45, 7) is 0.765. The highest BCUT2D eigenvalue weighted by atomic mass is 32.1. The molecule has 4 aromatic rings. The van der Waals surface area contributed by atoms with Gasteiger partial charge in [-0.15, -0.1) is 11.3 Å². The van der Waals surface area contributed by atoms with E-state index in [2.05, 4.69) is 32.8 Å². The van der Waals surface area contributed by atoms with Gasteiger partial charge in [-0.3, -0.25) is 0 Å². The largest absolute Gasteiger partial charge is 0.508 e. The number of fused-ring (bicyclic) bond motifs is 1. The number of anilines is 1. The van der Waals surface area contributed by atoms with Crippen LogP contribution in [0.15, 0.2) is 66.3 Å². The van der Waals surface area contributed by atoms with Gasteiger partial charge >= 0.3 is 0 Å². The fourth-order valence-electron chi connectivity index (χ4n) is 2.83. The normalized spacial score (nSPS) is 10.9. The number of rotatable bonds is 5. The highest BCUT2D eigenvalue weighted by Crippen LogP contribution is 2.36. The van der Waals surface area contributed by atoms with Crippen molar-refractivity contribution in [1.29, 1.82) is 0 Å². The lowest BCUT2D eigenvalue weighted by atomic mass is 10.1. The maximum atomic E-state index is 9.36. The number of hydrogen-bond donors (Lipinski definition) is 2. The van der Waals surface area contributed by atoms with E-state index in [0.717, 1.165) is 34.6 Å². The van der Waals surface area contributed by atoms with Gasteiger partial charge in [0.2, 0.25) is 0 Å². The first-order valence-electron chi connectivity index (χ1n) is 8.10. The lowest BCUT2D eigenvalue weighted by Crippen LogP contribution is -2.06. The third-order valence-corrected chi connectivity index (χ3v) is 4.98. The summed E-state index contributed by atoms with van der Waals surface area (Å²) in [6.07, 6.45) is 2.47. The number of phenols is 1. The summed E-state index contributed by atoms with van der Waals surface area (Å²) in [7, 11) is 0. The Labute approximate surface area is 149 Å². The first-order valence-corrected chi connectivity index (χ1v) is 8.98. The van der Waals surface area contributed by atoms with E-state index in [0.29, 0.717) is 5.75 Å². The molecule has 124 valence electrons. The van der Waals surface area contributed by atoms with Crippen molar-refractivity contribution in [3.63, 3.8) is 0 Å². The monoisotopic (exact) mass is 347 g/mol. The Balaban J connectivity index is 1.59. The molecule has 4 nitrogen and oxygen atoms in total. The Hall–Kier alpha value is -2.92. The first-order chi connectivity index (χ1) is 12.3. The lowest BCUT2D eigenvalue weighted by Gasteiger charge is -2.08. The SMILES string of the molecule is Oc1ccc(CCNc2ncnc3scc(-c4ccccc4)c23)cc1. The topological polar surface area (TPSA) is 58.0 Å². The number of aromatic hydroxyl groups is 1. The van der Waals surface area contributed by atoms with E-state index in [1.807, 2.05) is 30.3 Å². The number of phenolic OH excluding ortho intramolecular Hbond substituents is 1. The molecular formula is C20H17N3OS. The molecule has 0 aliphatic rings. The van der Waals surface area contributed by atoms with E-state index in [1.165, 1.54) is 11.1 Å². The summed E-state index contributed by atoms with van der Waals surface area (Å²) in [4.78, 5) is 9.85. The molecule has 0 saturated heterocycles. The molecule has 0 amide bonds. The number of nitrogens with zero attached hydrogens (tertiary/aromatic N) is 2. The van der Waals surface area contributed by atoms with E-state index in [-0.39, 0.29) is 0 Å². The molecule has 0 radical (unpaired) electrons. The predicted octanol–water partition coefficient (Wildman–Crippen LogP) is 4.72. The Kier molecular flexibility index (Phi) is 4.31. The van der Waals surface area contributed by atoms with Crippen LogP contribution in [0, 0.1) is 0 Å². The maximum Gasteiger partial charge on any atom is 0.138 e. The van der Waals surface area contributed by atoms with Crippen LogP contribution in [0.2, 0.25) is 0 Å². The number of hydrogen-bond acceptors (Lipinski definition) is 5. The molecule has 2 aromatic carbocycles. The number of nitrogens with one attached hydrogen (secondary N) is 1. The molecular weight excluding hydrogens is 330 g/mol. The van der Waals surface area contributed by atoms with Gasteiger partial charge in [0, 0.05) is 17.5 Å². The van der Waals surface area contributed by atoms with Crippen LogP contribution in [0.25, 0.3) is 21.3 Å². The zero-order chi connectivity index (χ0) is 17.1. The summed E-state index contributed by atoms with van der Waals surface area (Å²) >= 11 is 1.64. The zero-order valence-electron chi connectivity index (χ0n) is 13.5. The van der Waals surface area contributed by atoms with Gasteiger partial charge < -0.3 is 10.4 Å². The first kappa shape index (κ1) is 15.6. The van der Waals surface area contributed by atoms with Crippen molar-refractivity contribution in [1.82, 2.24) is 9.97 Å². The Bertz CT molecular complexity index is 981. The van der Waals surface area contributed by atoms with Gasteiger partial charge in [-0.2, -0.15) is 0 Å². The van der Waals surface area contributed by atoms with E-state index < -0.39 is 0 Å². The van der Waals surface area contributed by atoms with Crippen LogP contribution < -0.4 is 5.32 Å². The summed E-state index contributed by atoms with van der Waals surface area (Å²) in [6, 6.07) is 17.6. The van der Waals surface area contributed by atoms with Crippen molar-refractivity contribution < 1.29 is 5.11 Å². The van der Waals surface area contributed by atoms with Gasteiger partial charge in [-0.1, -0.05) is 42.5 Å². The van der Waals surface area contributed by atoms with Crippen molar-refractivity contribution >= 4 is 27.4 Å². The van der Waals surface area contributed by atoms with Crippen LogP contribution in [-0.2, 0) is 6.42 Å².